The SMILES string of the molecule is Cc1nc2ccccc2nc1N1CCCC(N(C)c2nccc(N3CCOCC3)n2)C1. The molecule has 0 radical (unpaired) electrons. The second kappa shape index (κ2) is 8.63. The van der Waals surface area contributed by atoms with Crippen molar-refractivity contribution in [1.82, 2.24) is 19.9 Å². The molecule has 2 aliphatic rings. The molecule has 8 heteroatoms. The molecule has 0 aliphatic carbocycles. The van der Waals surface area contributed by atoms with Gasteiger partial charge in [0.2, 0.25) is 5.95 Å². The quantitative estimate of drug-likeness (QED) is 0.639. The lowest BCUT2D eigenvalue weighted by Crippen LogP contribution is -2.48. The van der Waals surface area contributed by atoms with Gasteiger partial charge in [0.25, 0.3) is 0 Å². The van der Waals surface area contributed by atoms with E-state index >= 15 is 0 Å². The normalized spacial score (nSPS) is 19.6. The van der Waals surface area contributed by atoms with E-state index in [1.807, 2.05) is 36.5 Å². The maximum absolute atomic E-state index is 5.47. The minimum absolute atomic E-state index is 0.321. The predicted molar refractivity (Wildman–Crippen MR) is 123 cm³/mol. The highest BCUT2D eigenvalue weighted by molar-refractivity contribution is 5.76. The number of nitrogens with zero attached hydrogens (tertiary/aromatic N) is 7. The Morgan fingerprint density at radius 3 is 2.55 bits per heavy atom. The first-order valence-electron chi connectivity index (χ1n) is 11.1. The molecule has 31 heavy (non-hydrogen) atoms. The van der Waals surface area contributed by atoms with E-state index < -0.39 is 0 Å². The average Bonchev–Trinajstić information content (AvgIpc) is 2.84. The van der Waals surface area contributed by atoms with Gasteiger partial charge in [-0.05, 0) is 38.0 Å². The smallest absolute Gasteiger partial charge is 0.227 e. The van der Waals surface area contributed by atoms with Crippen molar-refractivity contribution in [3.63, 3.8) is 0 Å². The first kappa shape index (κ1) is 19.9. The molecule has 5 rings (SSSR count). The number of para-hydroxylation sites is 2. The standard InChI is InChI=1S/C23H29N7O/c1-17-22(26-20-8-4-3-7-19(20)25-17)30-11-5-6-18(16-30)28(2)23-24-10-9-21(27-23)29-12-14-31-15-13-29/h3-4,7-10,18H,5-6,11-16H2,1-2H3. The number of hydrogen-bond donors (Lipinski definition) is 0. The second-order valence-electron chi connectivity index (χ2n) is 8.29. The zero-order chi connectivity index (χ0) is 21.2. The van der Waals surface area contributed by atoms with Crippen LogP contribution in [-0.2, 0) is 4.74 Å². The molecule has 3 aromatic rings. The monoisotopic (exact) mass is 419 g/mol. The molecule has 1 atom stereocenters. The molecular weight excluding hydrogens is 390 g/mol. The van der Waals surface area contributed by atoms with Gasteiger partial charge < -0.3 is 19.4 Å². The van der Waals surface area contributed by atoms with Gasteiger partial charge >= 0.3 is 0 Å². The highest BCUT2D eigenvalue weighted by atomic mass is 16.5. The number of benzene rings is 1. The van der Waals surface area contributed by atoms with E-state index in [2.05, 4.69) is 33.7 Å². The molecule has 8 nitrogen and oxygen atoms in total. The molecule has 0 N–H and O–H groups in total. The molecule has 2 fully saturated rings. The van der Waals surface area contributed by atoms with Crippen molar-refractivity contribution in [2.45, 2.75) is 25.8 Å². The summed E-state index contributed by atoms with van der Waals surface area (Å²) in [5.74, 6) is 2.74. The number of hydrogen-bond acceptors (Lipinski definition) is 8. The van der Waals surface area contributed by atoms with E-state index in [1.54, 1.807) is 0 Å². The van der Waals surface area contributed by atoms with Gasteiger partial charge in [-0.3, -0.25) is 0 Å². The van der Waals surface area contributed by atoms with Crippen LogP contribution >= 0.6 is 0 Å². The summed E-state index contributed by atoms with van der Waals surface area (Å²) in [5.41, 5.74) is 2.87. The number of aryl methyl sites for hydroxylation is 1. The van der Waals surface area contributed by atoms with Crippen molar-refractivity contribution in [3.05, 3.63) is 42.2 Å². The molecule has 0 amide bonds. The molecule has 1 unspecified atom stereocenters. The van der Waals surface area contributed by atoms with Crippen molar-refractivity contribution < 1.29 is 4.74 Å². The summed E-state index contributed by atoms with van der Waals surface area (Å²) in [6.07, 6.45) is 4.08. The molecule has 1 aromatic carbocycles. The highest BCUT2D eigenvalue weighted by Crippen LogP contribution is 2.26. The molecule has 0 spiro atoms. The number of likely N-dealkylation sites (N-methyl/N-ethyl adjacent to an activating group) is 1. The molecule has 2 saturated heterocycles. The van der Waals surface area contributed by atoms with E-state index in [1.165, 1.54) is 0 Å². The molecule has 4 heterocycles. The van der Waals surface area contributed by atoms with E-state index in [0.29, 0.717) is 6.04 Å². The third kappa shape index (κ3) is 4.12. The van der Waals surface area contributed by atoms with Gasteiger partial charge in [-0.25, -0.2) is 15.0 Å². The number of rotatable bonds is 4. The maximum Gasteiger partial charge on any atom is 0.227 e. The van der Waals surface area contributed by atoms with Crippen LogP contribution in [0, 0.1) is 6.92 Å². The topological polar surface area (TPSA) is 70.5 Å². The summed E-state index contributed by atoms with van der Waals surface area (Å²) in [6, 6.07) is 10.4. The fourth-order valence-electron chi connectivity index (χ4n) is 4.48. The lowest BCUT2D eigenvalue weighted by Gasteiger charge is -2.38. The zero-order valence-electron chi connectivity index (χ0n) is 18.2. The molecule has 2 aliphatic heterocycles. The highest BCUT2D eigenvalue weighted by Gasteiger charge is 2.27. The van der Waals surface area contributed by atoms with E-state index in [0.717, 1.165) is 86.5 Å². The Kier molecular flexibility index (Phi) is 5.55. The fourth-order valence-corrected chi connectivity index (χ4v) is 4.48. The lowest BCUT2D eigenvalue weighted by atomic mass is 10.0. The summed E-state index contributed by atoms with van der Waals surface area (Å²) in [5, 5.41) is 0. The van der Waals surface area contributed by atoms with Crippen LogP contribution in [0.2, 0.25) is 0 Å². The number of fused-ring (bicyclic) bond motifs is 1. The van der Waals surface area contributed by atoms with E-state index in [-0.39, 0.29) is 0 Å². The van der Waals surface area contributed by atoms with Crippen molar-refractivity contribution in [3.8, 4) is 0 Å². The third-order valence-electron chi connectivity index (χ3n) is 6.24. The van der Waals surface area contributed by atoms with Crippen LogP contribution in [0.5, 0.6) is 0 Å². The summed E-state index contributed by atoms with van der Waals surface area (Å²) < 4.78 is 5.47. The molecule has 0 saturated carbocycles. The lowest BCUT2D eigenvalue weighted by molar-refractivity contribution is 0.122. The van der Waals surface area contributed by atoms with Crippen LogP contribution in [0.4, 0.5) is 17.6 Å². The Morgan fingerprint density at radius 2 is 1.74 bits per heavy atom. The van der Waals surface area contributed by atoms with Crippen molar-refractivity contribution in [1.29, 1.82) is 0 Å². The van der Waals surface area contributed by atoms with Crippen molar-refractivity contribution >= 4 is 28.6 Å². The second-order valence-corrected chi connectivity index (χ2v) is 8.29. The zero-order valence-corrected chi connectivity index (χ0v) is 18.2. The molecule has 162 valence electrons. The third-order valence-corrected chi connectivity index (χ3v) is 6.24. The Hall–Kier alpha value is -3.00. The predicted octanol–water partition coefficient (Wildman–Crippen LogP) is 2.67. The summed E-state index contributed by atoms with van der Waals surface area (Å²) >= 11 is 0. The Labute approximate surface area is 182 Å². The minimum Gasteiger partial charge on any atom is -0.378 e. The van der Waals surface area contributed by atoms with Crippen LogP contribution < -0.4 is 14.7 Å². The summed E-state index contributed by atoms with van der Waals surface area (Å²) in [4.78, 5) is 26.0. The Morgan fingerprint density at radius 1 is 0.968 bits per heavy atom. The van der Waals surface area contributed by atoms with Gasteiger partial charge in [0, 0.05) is 45.5 Å². The average molecular weight is 420 g/mol. The fraction of sp³-hybridized carbons (Fsp3) is 0.478. The van der Waals surface area contributed by atoms with Crippen molar-refractivity contribution in [2.24, 2.45) is 0 Å². The van der Waals surface area contributed by atoms with E-state index in [9.17, 15) is 0 Å². The molecule has 0 bridgehead atoms. The molecular formula is C23H29N7O. The first-order chi connectivity index (χ1) is 15.2. The number of piperidine rings is 1. The van der Waals surface area contributed by atoms with Gasteiger partial charge in [0.1, 0.15) is 5.82 Å². The number of anilines is 3. The van der Waals surface area contributed by atoms with Crippen LogP contribution in [0.15, 0.2) is 36.5 Å². The number of ether oxygens (including phenoxy) is 1. The van der Waals surface area contributed by atoms with Gasteiger partial charge in [-0.15, -0.1) is 0 Å². The van der Waals surface area contributed by atoms with Crippen LogP contribution in [0.1, 0.15) is 18.5 Å². The van der Waals surface area contributed by atoms with Gasteiger partial charge in [0.05, 0.1) is 29.9 Å². The van der Waals surface area contributed by atoms with Crippen molar-refractivity contribution in [2.75, 3.05) is 61.1 Å². The van der Waals surface area contributed by atoms with Gasteiger partial charge in [-0.2, -0.15) is 4.98 Å². The van der Waals surface area contributed by atoms with Gasteiger partial charge in [0.15, 0.2) is 5.82 Å². The van der Waals surface area contributed by atoms with Crippen LogP contribution in [0.3, 0.4) is 0 Å². The maximum atomic E-state index is 5.47. The minimum atomic E-state index is 0.321. The largest absolute Gasteiger partial charge is 0.378 e. The summed E-state index contributed by atoms with van der Waals surface area (Å²) in [6.45, 7) is 7.17. The molecule has 2 aromatic heterocycles. The number of aromatic nitrogens is 4. The Balaban J connectivity index is 1.35. The van der Waals surface area contributed by atoms with Crippen LogP contribution in [0.25, 0.3) is 11.0 Å². The van der Waals surface area contributed by atoms with E-state index in [4.69, 9.17) is 19.7 Å². The number of morpholine rings is 1. The first-order valence-corrected chi connectivity index (χ1v) is 11.1. The Bertz CT molecular complexity index is 1050. The summed E-state index contributed by atoms with van der Waals surface area (Å²) in [7, 11) is 2.10. The van der Waals surface area contributed by atoms with Crippen LogP contribution in [-0.4, -0.2) is 72.4 Å². The van der Waals surface area contributed by atoms with Gasteiger partial charge in [-0.1, -0.05) is 12.1 Å².